The SMILES string of the molecule is c1ccc(-c2ccccc2-c2c(-c3ccccc3)cccc2N(c2ccc(-c3ccc4c(c3)c3ccccc3n4-c3ccccc3)cc2)c2cccc3c2-c2ccccc2C3(c2ccccc2)c2ccccc2)cc1. The molecule has 0 saturated carbocycles. The topological polar surface area (TPSA) is 8.17 Å². The second kappa shape index (κ2) is 18.4. The largest absolute Gasteiger partial charge is 0.309 e. The quantitative estimate of drug-likeness (QED) is 0.133. The third kappa shape index (κ3) is 7.17. The number of aromatic nitrogens is 1. The predicted molar refractivity (Wildman–Crippen MR) is 315 cm³/mol. The van der Waals surface area contributed by atoms with Crippen molar-refractivity contribution < 1.29 is 0 Å². The predicted octanol–water partition coefficient (Wildman–Crippen LogP) is 19.3. The molecule has 0 saturated heterocycles. The molecule has 0 N–H and O–H groups in total. The zero-order valence-corrected chi connectivity index (χ0v) is 41.3. The molecule has 1 aliphatic carbocycles. The van der Waals surface area contributed by atoms with Crippen LogP contribution in [0.4, 0.5) is 17.1 Å². The molecule has 0 radical (unpaired) electrons. The average Bonchev–Trinajstić information content (AvgIpc) is 4.05. The van der Waals surface area contributed by atoms with E-state index in [0.29, 0.717) is 0 Å². The Kier molecular flexibility index (Phi) is 10.8. The fourth-order valence-electron chi connectivity index (χ4n) is 12.3. The molecule has 0 unspecified atom stereocenters. The minimum Gasteiger partial charge on any atom is -0.309 e. The van der Waals surface area contributed by atoms with Crippen LogP contribution in [0.1, 0.15) is 22.3 Å². The van der Waals surface area contributed by atoms with Gasteiger partial charge in [-0.3, -0.25) is 0 Å². The lowest BCUT2D eigenvalue weighted by atomic mass is 9.68. The van der Waals surface area contributed by atoms with Crippen molar-refractivity contribution in [1.29, 1.82) is 0 Å². The highest BCUT2D eigenvalue weighted by molar-refractivity contribution is 6.11. The smallest absolute Gasteiger partial charge is 0.0714 e. The van der Waals surface area contributed by atoms with Crippen molar-refractivity contribution in [2.75, 3.05) is 4.90 Å². The molecule has 13 aromatic rings. The molecule has 0 amide bonds. The first-order valence-corrected chi connectivity index (χ1v) is 25.9. The second-order valence-electron chi connectivity index (χ2n) is 19.5. The van der Waals surface area contributed by atoms with Gasteiger partial charge in [0.1, 0.15) is 0 Å². The van der Waals surface area contributed by atoms with Crippen molar-refractivity contribution >= 4 is 38.9 Å². The van der Waals surface area contributed by atoms with Crippen LogP contribution in [-0.2, 0) is 5.41 Å². The molecule has 0 fully saturated rings. The summed E-state index contributed by atoms with van der Waals surface area (Å²) in [6.07, 6.45) is 0. The number of nitrogens with zero attached hydrogens (tertiary/aromatic N) is 2. The maximum atomic E-state index is 2.55. The van der Waals surface area contributed by atoms with Gasteiger partial charge in [-0.25, -0.2) is 0 Å². The van der Waals surface area contributed by atoms with Gasteiger partial charge in [0.25, 0.3) is 0 Å². The van der Waals surface area contributed by atoms with Crippen LogP contribution < -0.4 is 4.90 Å². The lowest BCUT2D eigenvalue weighted by Crippen LogP contribution is -2.28. The van der Waals surface area contributed by atoms with Gasteiger partial charge in [0, 0.05) is 33.3 Å². The second-order valence-corrected chi connectivity index (χ2v) is 19.5. The lowest BCUT2D eigenvalue weighted by molar-refractivity contribution is 0.768. The Morgan fingerprint density at radius 1 is 0.280 bits per heavy atom. The first-order valence-electron chi connectivity index (χ1n) is 25.9. The van der Waals surface area contributed by atoms with E-state index in [-0.39, 0.29) is 0 Å². The van der Waals surface area contributed by atoms with Crippen LogP contribution in [0.2, 0.25) is 0 Å². The molecule has 75 heavy (non-hydrogen) atoms. The molecule has 14 rings (SSSR count). The van der Waals surface area contributed by atoms with Gasteiger partial charge >= 0.3 is 0 Å². The van der Waals surface area contributed by atoms with Crippen molar-refractivity contribution in [2.45, 2.75) is 5.41 Å². The van der Waals surface area contributed by atoms with E-state index < -0.39 is 5.41 Å². The van der Waals surface area contributed by atoms with Crippen molar-refractivity contribution in [2.24, 2.45) is 0 Å². The monoisotopic (exact) mass is 954 g/mol. The molecule has 0 atom stereocenters. The Hall–Kier alpha value is -9.76. The van der Waals surface area contributed by atoms with Crippen molar-refractivity contribution in [3.8, 4) is 61.3 Å². The van der Waals surface area contributed by atoms with Gasteiger partial charge in [-0.05, 0) is 121 Å². The fourth-order valence-corrected chi connectivity index (χ4v) is 12.3. The van der Waals surface area contributed by atoms with Gasteiger partial charge in [0.15, 0.2) is 0 Å². The van der Waals surface area contributed by atoms with Crippen molar-refractivity contribution in [3.05, 3.63) is 326 Å². The fraction of sp³-hybridized carbons (Fsp3) is 0.0137. The van der Waals surface area contributed by atoms with E-state index >= 15 is 0 Å². The molecule has 0 bridgehead atoms. The number of benzene rings is 12. The normalized spacial score (nSPS) is 12.4. The molecule has 0 spiro atoms. The summed E-state index contributed by atoms with van der Waals surface area (Å²) in [6.45, 7) is 0. The maximum Gasteiger partial charge on any atom is 0.0714 e. The van der Waals surface area contributed by atoms with Gasteiger partial charge in [-0.2, -0.15) is 0 Å². The molecule has 1 heterocycles. The summed E-state index contributed by atoms with van der Waals surface area (Å²) < 4.78 is 2.38. The summed E-state index contributed by atoms with van der Waals surface area (Å²) in [5.41, 5.74) is 23.0. The first kappa shape index (κ1) is 44.0. The molecule has 2 nitrogen and oxygen atoms in total. The van der Waals surface area contributed by atoms with Gasteiger partial charge in [0.2, 0.25) is 0 Å². The number of rotatable bonds is 10. The van der Waals surface area contributed by atoms with Crippen LogP contribution >= 0.6 is 0 Å². The Bertz CT molecular complexity index is 4160. The highest BCUT2D eigenvalue weighted by Gasteiger charge is 2.47. The summed E-state index contributed by atoms with van der Waals surface area (Å²) in [5, 5.41) is 2.47. The summed E-state index contributed by atoms with van der Waals surface area (Å²) >= 11 is 0. The number of fused-ring (bicyclic) bond motifs is 6. The average molecular weight is 955 g/mol. The Labute approximate surface area is 438 Å². The van der Waals surface area contributed by atoms with Crippen LogP contribution in [0, 0.1) is 0 Å². The summed E-state index contributed by atoms with van der Waals surface area (Å²) in [7, 11) is 0. The third-order valence-electron chi connectivity index (χ3n) is 15.5. The van der Waals surface area contributed by atoms with E-state index in [2.05, 4.69) is 313 Å². The molecule has 12 aromatic carbocycles. The zero-order chi connectivity index (χ0) is 49.7. The van der Waals surface area contributed by atoms with Crippen LogP contribution in [0.3, 0.4) is 0 Å². The first-order chi connectivity index (χ1) is 37.3. The van der Waals surface area contributed by atoms with Crippen LogP contribution in [0.25, 0.3) is 83.1 Å². The standard InChI is InChI=1S/C73H50N2/c1-6-24-52(25-7-1)59-34-16-17-36-62(59)71-60(53-26-8-2-9-27-53)38-22-42-69(71)75(58-47-44-51(45-48-58)54-46-49-68-64(50-54)61-35-19-21-41-67(61)74(68)57-32-14-5-15-33-57)70-43-23-40-66-72(70)63-37-18-20-39-65(63)73(66,55-28-10-3-11-29-55)56-30-12-4-13-31-56/h1-50H. The molecule has 0 aliphatic heterocycles. The molecular formula is C73H50N2. The molecule has 1 aliphatic rings. The Morgan fingerprint density at radius 3 is 1.44 bits per heavy atom. The van der Waals surface area contributed by atoms with E-state index in [0.717, 1.165) is 45.0 Å². The van der Waals surface area contributed by atoms with Crippen molar-refractivity contribution in [3.63, 3.8) is 0 Å². The number of anilines is 3. The Morgan fingerprint density at radius 2 is 0.760 bits per heavy atom. The van der Waals surface area contributed by atoms with Crippen LogP contribution in [0.15, 0.2) is 303 Å². The third-order valence-corrected chi connectivity index (χ3v) is 15.5. The maximum absolute atomic E-state index is 2.55. The Balaban J connectivity index is 1.03. The summed E-state index contributed by atoms with van der Waals surface area (Å²) in [5.74, 6) is 0. The number of hydrogen-bond acceptors (Lipinski definition) is 1. The van der Waals surface area contributed by atoms with Gasteiger partial charge in [-0.1, -0.05) is 249 Å². The van der Waals surface area contributed by atoms with Crippen LogP contribution in [-0.4, -0.2) is 4.57 Å². The van der Waals surface area contributed by atoms with E-state index in [1.807, 2.05) is 0 Å². The molecular weight excluding hydrogens is 905 g/mol. The molecule has 1 aromatic heterocycles. The van der Waals surface area contributed by atoms with Gasteiger partial charge in [0.05, 0.1) is 27.8 Å². The minimum atomic E-state index is -0.573. The molecule has 2 heteroatoms. The summed E-state index contributed by atoms with van der Waals surface area (Å²) in [4.78, 5) is 2.55. The van der Waals surface area contributed by atoms with E-state index in [1.54, 1.807) is 0 Å². The van der Waals surface area contributed by atoms with E-state index in [1.165, 1.54) is 77.4 Å². The summed E-state index contributed by atoms with van der Waals surface area (Å²) in [6, 6.07) is 111. The zero-order valence-electron chi connectivity index (χ0n) is 41.3. The van der Waals surface area contributed by atoms with Gasteiger partial charge in [-0.15, -0.1) is 0 Å². The number of hydrogen-bond donors (Lipinski definition) is 0. The minimum absolute atomic E-state index is 0.573. The molecule has 352 valence electrons. The highest BCUT2D eigenvalue weighted by atomic mass is 15.1. The number of para-hydroxylation sites is 2. The highest BCUT2D eigenvalue weighted by Crippen LogP contribution is 2.60. The lowest BCUT2D eigenvalue weighted by Gasteiger charge is -2.35. The van der Waals surface area contributed by atoms with Crippen LogP contribution in [0.5, 0.6) is 0 Å². The van der Waals surface area contributed by atoms with E-state index in [4.69, 9.17) is 0 Å². The van der Waals surface area contributed by atoms with E-state index in [9.17, 15) is 0 Å². The van der Waals surface area contributed by atoms with Crippen molar-refractivity contribution in [1.82, 2.24) is 4.57 Å². The van der Waals surface area contributed by atoms with Gasteiger partial charge < -0.3 is 9.47 Å².